The molecule has 2 rings (SSSR count). The highest BCUT2D eigenvalue weighted by atomic mass is 35.5. The van der Waals surface area contributed by atoms with Gasteiger partial charge in [-0.25, -0.2) is 12.8 Å². The Morgan fingerprint density at radius 1 is 1.27 bits per heavy atom. The molecule has 0 aliphatic carbocycles. The van der Waals surface area contributed by atoms with E-state index in [1.54, 1.807) is 13.0 Å². The lowest BCUT2D eigenvalue weighted by Crippen LogP contribution is -2.25. The van der Waals surface area contributed by atoms with Gasteiger partial charge in [-0.1, -0.05) is 30.3 Å². The normalized spacial score (nSPS) is 12.6. The van der Waals surface area contributed by atoms with Crippen LogP contribution in [0.5, 0.6) is 0 Å². The van der Waals surface area contributed by atoms with Gasteiger partial charge in [0.15, 0.2) is 9.84 Å². The maximum absolute atomic E-state index is 13.6. The van der Waals surface area contributed by atoms with Crippen molar-refractivity contribution in [2.75, 3.05) is 11.1 Å². The lowest BCUT2D eigenvalue weighted by molar-refractivity contribution is -0.137. The summed E-state index contributed by atoms with van der Waals surface area (Å²) in [7, 11) is -3.38. The molecule has 0 amide bonds. The van der Waals surface area contributed by atoms with Gasteiger partial charge >= 0.3 is 5.97 Å². The zero-order valence-electron chi connectivity index (χ0n) is 14.0. The van der Waals surface area contributed by atoms with Gasteiger partial charge in [-0.15, -0.1) is 0 Å². The molecular formula is C17H17ClFNO4S2. The van der Waals surface area contributed by atoms with Crippen molar-refractivity contribution in [2.45, 2.75) is 34.6 Å². The van der Waals surface area contributed by atoms with E-state index < -0.39 is 27.7 Å². The number of nitrogens with one attached hydrogen (secondary N) is 1. The van der Waals surface area contributed by atoms with Gasteiger partial charge in [0, 0.05) is 15.5 Å². The molecule has 26 heavy (non-hydrogen) atoms. The van der Waals surface area contributed by atoms with Crippen LogP contribution < -0.4 is 5.32 Å². The van der Waals surface area contributed by atoms with Gasteiger partial charge in [0.25, 0.3) is 0 Å². The van der Waals surface area contributed by atoms with Crippen LogP contribution >= 0.6 is 23.4 Å². The Kier molecular flexibility index (Phi) is 6.54. The summed E-state index contributed by atoms with van der Waals surface area (Å²) in [6.07, 6.45) is 0. The average molecular weight is 418 g/mol. The molecule has 0 saturated carbocycles. The van der Waals surface area contributed by atoms with Gasteiger partial charge in [0.05, 0.1) is 15.7 Å². The third kappa shape index (κ3) is 4.90. The van der Waals surface area contributed by atoms with Gasteiger partial charge in [0.2, 0.25) is 0 Å². The number of aliphatic carboxylic acids is 1. The van der Waals surface area contributed by atoms with Crippen molar-refractivity contribution in [1.82, 2.24) is 0 Å². The molecule has 1 atom stereocenters. The second-order valence-electron chi connectivity index (χ2n) is 5.44. The van der Waals surface area contributed by atoms with Crippen LogP contribution in [0.1, 0.15) is 13.8 Å². The Labute approximate surface area is 160 Å². The second kappa shape index (κ2) is 8.28. The Balaban J connectivity index is 2.36. The Hall–Kier alpha value is -1.77. The highest BCUT2D eigenvalue weighted by Crippen LogP contribution is 2.38. The van der Waals surface area contributed by atoms with Gasteiger partial charge in [-0.2, -0.15) is 0 Å². The molecular weight excluding hydrogens is 401 g/mol. The fourth-order valence-electron chi connectivity index (χ4n) is 2.04. The largest absolute Gasteiger partial charge is 0.480 e. The van der Waals surface area contributed by atoms with Crippen molar-refractivity contribution < 1.29 is 22.7 Å². The molecule has 5 nitrogen and oxygen atoms in total. The molecule has 0 unspecified atom stereocenters. The van der Waals surface area contributed by atoms with Gasteiger partial charge in [0.1, 0.15) is 11.9 Å². The zero-order valence-corrected chi connectivity index (χ0v) is 16.4. The molecule has 0 saturated heterocycles. The number of sulfone groups is 1. The summed E-state index contributed by atoms with van der Waals surface area (Å²) < 4.78 is 37.5. The standard InChI is InChI=1S/C17H17ClFNO4S2/c1-3-26(23,24)12-5-7-15(13(18)9-12)25-16-8-11(19)4-6-14(16)20-10(2)17(21)22/h4-10,20H,3H2,1-2H3,(H,21,22)/t10-/m1/s1. The number of carboxylic acids is 1. The number of benzene rings is 2. The number of anilines is 1. The summed E-state index contributed by atoms with van der Waals surface area (Å²) in [5.41, 5.74) is 0.438. The molecule has 0 aliphatic rings. The Morgan fingerprint density at radius 2 is 1.96 bits per heavy atom. The minimum absolute atomic E-state index is 0.0408. The van der Waals surface area contributed by atoms with Crippen molar-refractivity contribution in [3.05, 3.63) is 47.2 Å². The number of hydrogen-bond acceptors (Lipinski definition) is 5. The van der Waals surface area contributed by atoms with Crippen LogP contribution in [0.25, 0.3) is 0 Å². The van der Waals surface area contributed by atoms with Crippen LogP contribution in [-0.2, 0) is 14.6 Å². The summed E-state index contributed by atoms with van der Waals surface area (Å²) in [4.78, 5) is 12.1. The summed E-state index contributed by atoms with van der Waals surface area (Å²) in [5, 5.41) is 12.0. The van der Waals surface area contributed by atoms with Crippen LogP contribution in [0.3, 0.4) is 0 Å². The van der Waals surface area contributed by atoms with Crippen molar-refractivity contribution in [3.63, 3.8) is 0 Å². The topological polar surface area (TPSA) is 83.5 Å². The molecule has 0 fully saturated rings. The van der Waals surface area contributed by atoms with E-state index in [1.165, 1.54) is 37.3 Å². The van der Waals surface area contributed by atoms with E-state index in [1.807, 2.05) is 0 Å². The minimum atomic E-state index is -3.38. The molecule has 0 aromatic heterocycles. The molecule has 9 heteroatoms. The molecule has 2 aromatic rings. The number of halogens is 2. The first-order chi connectivity index (χ1) is 12.1. The number of hydrogen-bond donors (Lipinski definition) is 2. The van der Waals surface area contributed by atoms with Crippen molar-refractivity contribution in [3.8, 4) is 0 Å². The van der Waals surface area contributed by atoms with Crippen LogP contribution in [0.4, 0.5) is 10.1 Å². The van der Waals surface area contributed by atoms with E-state index in [2.05, 4.69) is 5.32 Å². The van der Waals surface area contributed by atoms with Gasteiger partial charge in [-0.05, 0) is 43.3 Å². The molecule has 0 spiro atoms. The third-order valence-electron chi connectivity index (χ3n) is 3.55. The fourth-order valence-corrected chi connectivity index (χ4v) is 4.24. The van der Waals surface area contributed by atoms with Crippen LogP contribution in [0.15, 0.2) is 51.1 Å². The fraction of sp³-hybridized carbons (Fsp3) is 0.235. The maximum atomic E-state index is 13.6. The SMILES string of the molecule is CCS(=O)(=O)c1ccc(Sc2cc(F)ccc2N[C@H](C)C(=O)O)c(Cl)c1. The first-order valence-electron chi connectivity index (χ1n) is 7.63. The minimum Gasteiger partial charge on any atom is -0.480 e. The number of rotatable bonds is 7. The number of carbonyl (C=O) groups is 1. The summed E-state index contributed by atoms with van der Waals surface area (Å²) in [6, 6.07) is 7.40. The van der Waals surface area contributed by atoms with E-state index in [0.29, 0.717) is 15.5 Å². The van der Waals surface area contributed by atoms with Crippen molar-refractivity contribution >= 4 is 44.9 Å². The monoisotopic (exact) mass is 417 g/mol. The molecule has 140 valence electrons. The predicted octanol–water partition coefficient (Wildman–Crippen LogP) is 4.31. The Bertz CT molecular complexity index is 934. The summed E-state index contributed by atoms with van der Waals surface area (Å²) in [5.74, 6) is -1.57. The predicted molar refractivity (Wildman–Crippen MR) is 100 cm³/mol. The average Bonchev–Trinajstić information content (AvgIpc) is 2.58. The second-order valence-corrected chi connectivity index (χ2v) is 9.21. The van der Waals surface area contributed by atoms with E-state index >= 15 is 0 Å². The van der Waals surface area contributed by atoms with Crippen LogP contribution in [0.2, 0.25) is 5.02 Å². The number of carboxylic acid groups (broad SMARTS) is 1. The van der Waals surface area contributed by atoms with Crippen LogP contribution in [-0.4, -0.2) is 31.3 Å². The summed E-state index contributed by atoms with van der Waals surface area (Å²) >= 11 is 7.31. The first-order valence-corrected chi connectivity index (χ1v) is 10.5. The van der Waals surface area contributed by atoms with Gasteiger partial charge < -0.3 is 10.4 Å². The third-order valence-corrected chi connectivity index (χ3v) is 6.84. The van der Waals surface area contributed by atoms with Gasteiger partial charge in [-0.3, -0.25) is 4.79 Å². The molecule has 0 aliphatic heterocycles. The van der Waals surface area contributed by atoms with E-state index in [0.717, 1.165) is 11.8 Å². The lowest BCUT2D eigenvalue weighted by atomic mass is 10.2. The maximum Gasteiger partial charge on any atom is 0.325 e. The summed E-state index contributed by atoms with van der Waals surface area (Å²) in [6.45, 7) is 3.01. The van der Waals surface area contributed by atoms with E-state index in [-0.39, 0.29) is 15.7 Å². The zero-order chi connectivity index (χ0) is 19.5. The van der Waals surface area contributed by atoms with Crippen LogP contribution in [0, 0.1) is 5.82 Å². The highest BCUT2D eigenvalue weighted by molar-refractivity contribution is 7.99. The van der Waals surface area contributed by atoms with Crippen molar-refractivity contribution in [1.29, 1.82) is 0 Å². The molecule has 2 aromatic carbocycles. The molecule has 2 N–H and O–H groups in total. The lowest BCUT2D eigenvalue weighted by Gasteiger charge is -2.15. The van der Waals surface area contributed by atoms with Crippen molar-refractivity contribution in [2.24, 2.45) is 0 Å². The van der Waals surface area contributed by atoms with E-state index in [4.69, 9.17) is 16.7 Å². The Morgan fingerprint density at radius 3 is 2.54 bits per heavy atom. The first kappa shape index (κ1) is 20.5. The quantitative estimate of drug-likeness (QED) is 0.698. The smallest absolute Gasteiger partial charge is 0.325 e. The molecule has 0 radical (unpaired) electrons. The van der Waals surface area contributed by atoms with E-state index in [9.17, 15) is 17.6 Å². The highest BCUT2D eigenvalue weighted by Gasteiger charge is 2.17. The molecule has 0 heterocycles. The molecule has 0 bridgehead atoms.